The van der Waals surface area contributed by atoms with E-state index in [0.717, 1.165) is 13.0 Å². The quantitative estimate of drug-likeness (QED) is 0.463. The third-order valence-electron chi connectivity index (χ3n) is 2.65. The molecule has 0 aromatic heterocycles. The van der Waals surface area contributed by atoms with Crippen LogP contribution in [0.4, 0.5) is 0 Å². The van der Waals surface area contributed by atoms with Crippen LogP contribution in [-0.2, 0) is 9.59 Å². The molecule has 1 aromatic rings. The van der Waals surface area contributed by atoms with Crippen LogP contribution in [0.1, 0.15) is 13.3 Å². The largest absolute Gasteiger partial charge is 0.485 e. The average molecular weight is 390 g/mol. The highest BCUT2D eigenvalue weighted by Gasteiger charge is 2.10. The maximum Gasteiger partial charge on any atom is 0.328 e. The highest BCUT2D eigenvalue weighted by Crippen LogP contribution is 2.32. The van der Waals surface area contributed by atoms with Crippen molar-refractivity contribution in [3.05, 3.63) is 52.5 Å². The molecule has 0 aliphatic heterocycles. The lowest BCUT2D eigenvalue weighted by molar-refractivity contribution is -0.134. The first-order valence-corrected chi connectivity index (χ1v) is 8.09. The molecular weight excluding hydrogens is 369 g/mol. The number of carboxylic acids is 2. The first-order chi connectivity index (χ1) is 11.8. The number of hydrogen-bond donors (Lipinski definition) is 3. The molecular formula is C17H21Cl2NO5. The van der Waals surface area contributed by atoms with E-state index in [1.54, 1.807) is 6.07 Å². The minimum Gasteiger partial charge on any atom is -0.485 e. The second kappa shape index (κ2) is 13.3. The van der Waals surface area contributed by atoms with Crippen LogP contribution in [-0.4, -0.2) is 41.8 Å². The van der Waals surface area contributed by atoms with Gasteiger partial charge in [0.25, 0.3) is 0 Å². The lowest BCUT2D eigenvalue weighted by Crippen LogP contribution is -2.20. The molecule has 3 N–H and O–H groups in total. The molecule has 0 bridgehead atoms. The summed E-state index contributed by atoms with van der Waals surface area (Å²) in [7, 11) is 1.92. The number of rotatable bonds is 8. The van der Waals surface area contributed by atoms with Gasteiger partial charge in [0.1, 0.15) is 16.9 Å². The molecule has 0 aliphatic rings. The Hall–Kier alpha value is -2.02. The second-order valence-electron chi connectivity index (χ2n) is 4.64. The number of halogens is 2. The Morgan fingerprint density at radius 1 is 1.24 bits per heavy atom. The summed E-state index contributed by atoms with van der Waals surface area (Å²) < 4.78 is 5.83. The summed E-state index contributed by atoms with van der Waals surface area (Å²) in [5.74, 6) is -1.89. The fraction of sp³-hybridized carbons (Fsp3) is 0.294. The molecule has 0 fully saturated rings. The Balaban J connectivity index is 0.000000609. The van der Waals surface area contributed by atoms with Gasteiger partial charge in [-0.05, 0) is 38.7 Å². The van der Waals surface area contributed by atoms with Gasteiger partial charge in [-0.25, -0.2) is 9.59 Å². The van der Waals surface area contributed by atoms with E-state index < -0.39 is 11.9 Å². The zero-order valence-electron chi connectivity index (χ0n) is 13.9. The van der Waals surface area contributed by atoms with Gasteiger partial charge in [0.2, 0.25) is 0 Å². The van der Waals surface area contributed by atoms with Crippen LogP contribution in [0.2, 0.25) is 10.0 Å². The standard InChI is InChI=1S/C13H17Cl2NO.C4H4O4/c1-3-5-10(8-9-16-2)17-12-7-4-6-11(14)13(12)15;5-3(6)1-2-4(7)8/h3-7,10,16H,8-9H2,1-2H3;1-2H,(H,5,6)(H,7,8)/b5-3+;2-1+. The van der Waals surface area contributed by atoms with Crippen LogP contribution >= 0.6 is 23.2 Å². The molecule has 0 saturated carbocycles. The molecule has 1 rings (SSSR count). The van der Waals surface area contributed by atoms with Crippen molar-refractivity contribution in [3.8, 4) is 5.75 Å². The summed E-state index contributed by atoms with van der Waals surface area (Å²) >= 11 is 12.0. The fourth-order valence-corrected chi connectivity index (χ4v) is 1.91. The van der Waals surface area contributed by atoms with Crippen LogP contribution in [0.15, 0.2) is 42.5 Å². The van der Waals surface area contributed by atoms with E-state index >= 15 is 0 Å². The molecule has 1 aromatic carbocycles. The maximum absolute atomic E-state index is 9.55. The molecule has 1 unspecified atom stereocenters. The zero-order valence-corrected chi connectivity index (χ0v) is 15.4. The van der Waals surface area contributed by atoms with E-state index in [9.17, 15) is 9.59 Å². The van der Waals surface area contributed by atoms with Crippen molar-refractivity contribution in [1.29, 1.82) is 0 Å². The van der Waals surface area contributed by atoms with Crippen molar-refractivity contribution < 1.29 is 24.5 Å². The van der Waals surface area contributed by atoms with E-state index in [4.69, 9.17) is 38.2 Å². The van der Waals surface area contributed by atoms with Gasteiger partial charge in [-0.2, -0.15) is 0 Å². The highest BCUT2D eigenvalue weighted by atomic mass is 35.5. The summed E-state index contributed by atoms with van der Waals surface area (Å²) in [4.78, 5) is 19.1. The monoisotopic (exact) mass is 389 g/mol. The van der Waals surface area contributed by atoms with E-state index in [-0.39, 0.29) is 6.10 Å². The van der Waals surface area contributed by atoms with Crippen molar-refractivity contribution in [2.45, 2.75) is 19.4 Å². The third-order valence-corrected chi connectivity index (χ3v) is 3.45. The number of hydrogen-bond acceptors (Lipinski definition) is 4. The van der Waals surface area contributed by atoms with Crippen LogP contribution in [0.3, 0.4) is 0 Å². The Morgan fingerprint density at radius 3 is 2.32 bits per heavy atom. The number of benzene rings is 1. The molecule has 0 spiro atoms. The minimum atomic E-state index is -1.26. The van der Waals surface area contributed by atoms with Crippen molar-refractivity contribution >= 4 is 35.1 Å². The number of aliphatic carboxylic acids is 2. The lowest BCUT2D eigenvalue weighted by Gasteiger charge is -2.17. The Bertz CT molecular complexity index is 601. The predicted octanol–water partition coefficient (Wildman–Crippen LogP) is 3.64. The Labute approximate surface area is 156 Å². The van der Waals surface area contributed by atoms with Gasteiger partial charge in [-0.1, -0.05) is 35.3 Å². The molecule has 0 aliphatic carbocycles. The van der Waals surface area contributed by atoms with Crippen molar-refractivity contribution in [2.75, 3.05) is 13.6 Å². The number of carboxylic acid groups (broad SMARTS) is 2. The van der Waals surface area contributed by atoms with Crippen LogP contribution in [0.25, 0.3) is 0 Å². The van der Waals surface area contributed by atoms with Gasteiger partial charge >= 0.3 is 11.9 Å². The van der Waals surface area contributed by atoms with Crippen molar-refractivity contribution in [2.24, 2.45) is 0 Å². The molecule has 25 heavy (non-hydrogen) atoms. The molecule has 8 heteroatoms. The van der Waals surface area contributed by atoms with Gasteiger partial charge < -0.3 is 20.3 Å². The van der Waals surface area contributed by atoms with Gasteiger partial charge in [0.15, 0.2) is 0 Å². The van der Waals surface area contributed by atoms with E-state index in [0.29, 0.717) is 27.9 Å². The number of carbonyl (C=O) groups is 2. The van der Waals surface area contributed by atoms with Gasteiger partial charge in [-0.3, -0.25) is 0 Å². The van der Waals surface area contributed by atoms with Crippen molar-refractivity contribution in [3.63, 3.8) is 0 Å². The fourth-order valence-electron chi connectivity index (χ4n) is 1.58. The molecule has 0 saturated heterocycles. The zero-order chi connectivity index (χ0) is 19.2. The summed E-state index contributed by atoms with van der Waals surface area (Å²) in [6.07, 6.45) is 5.98. The highest BCUT2D eigenvalue weighted by molar-refractivity contribution is 6.42. The molecule has 0 heterocycles. The minimum absolute atomic E-state index is 0.00316. The summed E-state index contributed by atoms with van der Waals surface area (Å²) in [6, 6.07) is 5.40. The van der Waals surface area contributed by atoms with Crippen LogP contribution < -0.4 is 10.1 Å². The first kappa shape index (κ1) is 23.0. The number of nitrogens with one attached hydrogen (secondary N) is 1. The molecule has 138 valence electrons. The predicted molar refractivity (Wildman–Crippen MR) is 98.6 cm³/mol. The molecule has 0 radical (unpaired) electrons. The van der Waals surface area contributed by atoms with E-state index in [1.807, 2.05) is 38.3 Å². The van der Waals surface area contributed by atoms with Gasteiger partial charge in [-0.15, -0.1) is 0 Å². The first-order valence-electron chi connectivity index (χ1n) is 7.33. The molecule has 1 atom stereocenters. The summed E-state index contributed by atoms with van der Waals surface area (Å²) in [6.45, 7) is 2.85. The average Bonchev–Trinajstić information content (AvgIpc) is 2.55. The smallest absolute Gasteiger partial charge is 0.328 e. The number of ether oxygens (including phenoxy) is 1. The molecule has 6 nitrogen and oxygen atoms in total. The van der Waals surface area contributed by atoms with Gasteiger partial charge in [0, 0.05) is 18.6 Å². The van der Waals surface area contributed by atoms with E-state index in [1.165, 1.54) is 0 Å². The maximum atomic E-state index is 9.55. The summed E-state index contributed by atoms with van der Waals surface area (Å²) in [5.41, 5.74) is 0. The van der Waals surface area contributed by atoms with E-state index in [2.05, 4.69) is 5.32 Å². The topological polar surface area (TPSA) is 95.9 Å². The SMILES string of the molecule is C/C=C/C(CCNC)Oc1cccc(Cl)c1Cl.O=C(O)/C=C/C(=O)O. The summed E-state index contributed by atoms with van der Waals surface area (Å²) in [5, 5.41) is 19.7. The van der Waals surface area contributed by atoms with Crippen molar-refractivity contribution in [1.82, 2.24) is 5.32 Å². The van der Waals surface area contributed by atoms with Crippen LogP contribution in [0.5, 0.6) is 5.75 Å². The number of allylic oxidation sites excluding steroid dienone is 1. The van der Waals surface area contributed by atoms with Gasteiger partial charge in [0.05, 0.1) is 5.02 Å². The molecule has 0 amide bonds. The Kier molecular flexibility index (Phi) is 12.2. The normalized spacial score (nSPS) is 11.8. The van der Waals surface area contributed by atoms with Crippen LogP contribution in [0, 0.1) is 0 Å². The third kappa shape index (κ3) is 11.2. The Morgan fingerprint density at radius 2 is 1.84 bits per heavy atom. The second-order valence-corrected chi connectivity index (χ2v) is 5.42. The lowest BCUT2D eigenvalue weighted by atomic mass is 10.2.